The van der Waals surface area contributed by atoms with Gasteiger partial charge in [0.25, 0.3) is 0 Å². The van der Waals surface area contributed by atoms with Crippen LogP contribution in [0.1, 0.15) is 11.1 Å². The first kappa shape index (κ1) is 18.3. The lowest BCUT2D eigenvalue weighted by atomic mass is 10.1. The van der Waals surface area contributed by atoms with Gasteiger partial charge in [0, 0.05) is 29.8 Å². The fourth-order valence-corrected chi connectivity index (χ4v) is 4.19. The predicted molar refractivity (Wildman–Crippen MR) is 130 cm³/mol. The number of benzene rings is 3. The van der Waals surface area contributed by atoms with E-state index in [-0.39, 0.29) is 0 Å². The lowest BCUT2D eigenvalue weighted by Gasteiger charge is -2.28. The van der Waals surface area contributed by atoms with Gasteiger partial charge in [-0.25, -0.2) is 4.68 Å². The van der Waals surface area contributed by atoms with Gasteiger partial charge in [-0.05, 0) is 59.7 Å². The topological polar surface area (TPSA) is 34.0 Å². The van der Waals surface area contributed by atoms with Crippen LogP contribution < -0.4 is 4.90 Å². The molecule has 0 atom stereocenters. The van der Waals surface area contributed by atoms with E-state index in [0.29, 0.717) is 0 Å². The van der Waals surface area contributed by atoms with E-state index in [2.05, 4.69) is 93.9 Å². The first-order valence-corrected chi connectivity index (χ1v) is 10.6. The second-order valence-electron chi connectivity index (χ2n) is 7.69. The smallest absolute Gasteiger partial charge is 0.0702 e. The van der Waals surface area contributed by atoms with E-state index < -0.39 is 0 Å². The molecule has 0 saturated carbocycles. The molecule has 0 N–H and O–H groups in total. The molecule has 0 amide bonds. The highest BCUT2D eigenvalue weighted by Gasteiger charge is 2.21. The Labute approximate surface area is 186 Å². The normalized spacial score (nSPS) is 12.2. The minimum absolute atomic E-state index is 0.959. The Morgan fingerprint density at radius 3 is 2.31 bits per heavy atom. The number of hydrogen-bond donors (Lipinski definition) is 0. The average Bonchev–Trinajstić information content (AvgIpc) is 3.34. The molecule has 0 saturated heterocycles. The number of pyridine rings is 1. The van der Waals surface area contributed by atoms with Gasteiger partial charge in [0.2, 0.25) is 0 Å². The molecule has 0 unspecified atom stereocenters. The Balaban J connectivity index is 1.57. The molecule has 0 spiro atoms. The standard InChI is InChI=1S/C28H20N4/c1-2-11-27-21(7-1)12-13-22-14-15-24(31-18-6-17-30-31)20-28(22)32(27)25-9-5-8-23(19-25)26-10-3-4-16-29-26/h1-20H. The van der Waals surface area contributed by atoms with Crippen molar-refractivity contribution in [1.29, 1.82) is 0 Å². The molecule has 5 aromatic rings. The number of nitrogens with zero attached hydrogens (tertiary/aromatic N) is 4. The number of fused-ring (bicyclic) bond motifs is 2. The minimum Gasteiger partial charge on any atom is -0.309 e. The molecular weight excluding hydrogens is 392 g/mol. The van der Waals surface area contributed by atoms with Gasteiger partial charge in [-0.15, -0.1) is 0 Å². The number of hydrogen-bond acceptors (Lipinski definition) is 3. The van der Waals surface area contributed by atoms with Crippen molar-refractivity contribution in [3.05, 3.63) is 121 Å². The maximum absolute atomic E-state index is 4.55. The maximum Gasteiger partial charge on any atom is 0.0702 e. The Hall–Kier alpha value is -4.44. The number of aromatic nitrogens is 3. The summed E-state index contributed by atoms with van der Waals surface area (Å²) in [5.74, 6) is 0. The van der Waals surface area contributed by atoms with Gasteiger partial charge in [-0.2, -0.15) is 5.10 Å². The van der Waals surface area contributed by atoms with Gasteiger partial charge in [0.05, 0.1) is 22.8 Å². The molecular formula is C28H20N4. The molecule has 3 aromatic carbocycles. The molecule has 0 fully saturated rings. The molecule has 0 radical (unpaired) electrons. The van der Waals surface area contributed by atoms with Crippen molar-refractivity contribution >= 4 is 29.2 Å². The molecule has 0 bridgehead atoms. The summed E-state index contributed by atoms with van der Waals surface area (Å²) < 4.78 is 1.89. The molecule has 2 aromatic heterocycles. The van der Waals surface area contributed by atoms with Gasteiger partial charge < -0.3 is 4.90 Å². The van der Waals surface area contributed by atoms with Crippen molar-refractivity contribution in [1.82, 2.24) is 14.8 Å². The van der Waals surface area contributed by atoms with Crippen molar-refractivity contribution in [2.24, 2.45) is 0 Å². The summed E-state index contributed by atoms with van der Waals surface area (Å²) in [6.07, 6.45) is 9.97. The van der Waals surface area contributed by atoms with Gasteiger partial charge in [-0.3, -0.25) is 4.98 Å². The van der Waals surface area contributed by atoms with E-state index in [4.69, 9.17) is 0 Å². The largest absolute Gasteiger partial charge is 0.309 e. The highest BCUT2D eigenvalue weighted by molar-refractivity contribution is 5.94. The quantitative estimate of drug-likeness (QED) is 0.317. The molecule has 4 heteroatoms. The SMILES string of the molecule is C1=Cc2ccc(-n3cccn3)cc2N(c2cccc(-c3ccccn3)c2)c2ccccc21. The third-order valence-electron chi connectivity index (χ3n) is 5.71. The van der Waals surface area contributed by atoms with Gasteiger partial charge >= 0.3 is 0 Å². The van der Waals surface area contributed by atoms with E-state index in [1.54, 1.807) is 6.20 Å². The summed E-state index contributed by atoms with van der Waals surface area (Å²) in [7, 11) is 0. The number of rotatable bonds is 3. The van der Waals surface area contributed by atoms with Crippen LogP contribution in [0.25, 0.3) is 29.1 Å². The van der Waals surface area contributed by atoms with Gasteiger partial charge in [0.1, 0.15) is 0 Å². The fourth-order valence-electron chi connectivity index (χ4n) is 4.19. The molecule has 3 heterocycles. The van der Waals surface area contributed by atoms with Crippen LogP contribution in [-0.4, -0.2) is 14.8 Å². The summed E-state index contributed by atoms with van der Waals surface area (Å²) in [5, 5.41) is 4.43. The zero-order valence-corrected chi connectivity index (χ0v) is 17.3. The van der Waals surface area contributed by atoms with Gasteiger partial charge in [0.15, 0.2) is 0 Å². The van der Waals surface area contributed by atoms with Crippen LogP contribution in [0.3, 0.4) is 0 Å². The first-order chi connectivity index (χ1) is 15.9. The summed E-state index contributed by atoms with van der Waals surface area (Å²) in [4.78, 5) is 6.87. The highest BCUT2D eigenvalue weighted by Crippen LogP contribution is 2.43. The molecule has 4 nitrogen and oxygen atoms in total. The summed E-state index contributed by atoms with van der Waals surface area (Å²) in [6.45, 7) is 0. The van der Waals surface area contributed by atoms with Crippen LogP contribution in [0.4, 0.5) is 17.1 Å². The van der Waals surface area contributed by atoms with Gasteiger partial charge in [-0.1, -0.05) is 54.6 Å². The molecule has 152 valence electrons. The van der Waals surface area contributed by atoms with Crippen molar-refractivity contribution in [2.45, 2.75) is 0 Å². The lowest BCUT2D eigenvalue weighted by molar-refractivity contribution is 0.880. The monoisotopic (exact) mass is 412 g/mol. The number of anilines is 3. The third-order valence-corrected chi connectivity index (χ3v) is 5.71. The Morgan fingerprint density at radius 1 is 0.594 bits per heavy atom. The zero-order chi connectivity index (χ0) is 21.3. The molecule has 6 rings (SSSR count). The summed E-state index contributed by atoms with van der Waals surface area (Å²) in [5.41, 5.74) is 8.72. The van der Waals surface area contributed by atoms with E-state index in [0.717, 1.165) is 39.6 Å². The van der Waals surface area contributed by atoms with E-state index in [1.807, 2.05) is 41.3 Å². The maximum atomic E-state index is 4.55. The number of para-hydroxylation sites is 1. The first-order valence-electron chi connectivity index (χ1n) is 10.6. The van der Waals surface area contributed by atoms with E-state index in [1.165, 1.54) is 5.56 Å². The predicted octanol–water partition coefficient (Wildman–Crippen LogP) is 6.89. The van der Waals surface area contributed by atoms with Crippen LogP contribution in [0, 0.1) is 0 Å². The summed E-state index contributed by atoms with van der Waals surface area (Å²) in [6, 6.07) is 31.5. The van der Waals surface area contributed by atoms with E-state index >= 15 is 0 Å². The van der Waals surface area contributed by atoms with Crippen molar-refractivity contribution in [3.63, 3.8) is 0 Å². The summed E-state index contributed by atoms with van der Waals surface area (Å²) >= 11 is 0. The zero-order valence-electron chi connectivity index (χ0n) is 17.3. The second-order valence-corrected chi connectivity index (χ2v) is 7.69. The Kier molecular flexibility index (Phi) is 4.40. The van der Waals surface area contributed by atoms with Crippen LogP contribution >= 0.6 is 0 Å². The Morgan fingerprint density at radius 2 is 1.47 bits per heavy atom. The van der Waals surface area contributed by atoms with Crippen LogP contribution in [0.2, 0.25) is 0 Å². The Bertz CT molecular complexity index is 1420. The molecule has 32 heavy (non-hydrogen) atoms. The molecule has 1 aliphatic rings. The van der Waals surface area contributed by atoms with Crippen LogP contribution in [0.15, 0.2) is 110 Å². The fraction of sp³-hybridized carbons (Fsp3) is 0. The average molecular weight is 412 g/mol. The highest BCUT2D eigenvalue weighted by atomic mass is 15.3. The van der Waals surface area contributed by atoms with Crippen LogP contribution in [-0.2, 0) is 0 Å². The van der Waals surface area contributed by atoms with Crippen molar-refractivity contribution in [2.75, 3.05) is 4.90 Å². The second kappa shape index (κ2) is 7.67. The van der Waals surface area contributed by atoms with Crippen molar-refractivity contribution < 1.29 is 0 Å². The minimum atomic E-state index is 0.959. The lowest BCUT2D eigenvalue weighted by Crippen LogP contribution is -2.12. The molecule has 0 aliphatic carbocycles. The van der Waals surface area contributed by atoms with E-state index in [9.17, 15) is 0 Å². The third kappa shape index (κ3) is 3.19. The van der Waals surface area contributed by atoms with Crippen molar-refractivity contribution in [3.8, 4) is 16.9 Å². The molecule has 1 aliphatic heterocycles. The van der Waals surface area contributed by atoms with Crippen LogP contribution in [0.5, 0.6) is 0 Å².